The van der Waals surface area contributed by atoms with E-state index in [0.717, 1.165) is 11.6 Å². The maximum Gasteiger partial charge on any atom is 0.326 e. The SMILES string of the molecule is O=C(NC(Cc1ccccc1)C(=O)O)c1ccc2c(c1)NC(=O)C(c1ccccc1)N2C(=O)c1cccc([N+](=O)[O-])c1. The first-order valence-corrected chi connectivity index (χ1v) is 12.9. The maximum atomic E-state index is 13.9. The number of amides is 3. The van der Waals surface area contributed by atoms with Crippen molar-refractivity contribution < 1.29 is 29.2 Å². The van der Waals surface area contributed by atoms with Crippen molar-refractivity contribution in [3.05, 3.63) is 135 Å². The first-order chi connectivity index (χ1) is 20.2. The Balaban J connectivity index is 1.50. The predicted octanol–water partition coefficient (Wildman–Crippen LogP) is 4.36. The number of rotatable bonds is 8. The molecular weight excluding hydrogens is 540 g/mol. The number of carbonyl (C=O) groups is 4. The van der Waals surface area contributed by atoms with E-state index in [0.29, 0.717) is 5.56 Å². The van der Waals surface area contributed by atoms with Crippen molar-refractivity contribution >= 4 is 40.8 Å². The molecule has 5 rings (SSSR count). The summed E-state index contributed by atoms with van der Waals surface area (Å²) in [6, 6.07) is 24.6. The number of hydrogen-bond acceptors (Lipinski definition) is 6. The zero-order chi connectivity index (χ0) is 29.8. The number of anilines is 2. The van der Waals surface area contributed by atoms with Crippen LogP contribution in [0.5, 0.6) is 0 Å². The quantitative estimate of drug-likeness (QED) is 0.212. The first-order valence-electron chi connectivity index (χ1n) is 12.9. The minimum atomic E-state index is -1.21. The van der Waals surface area contributed by atoms with E-state index in [9.17, 15) is 34.4 Å². The fraction of sp³-hybridized carbons (Fsp3) is 0.0968. The minimum Gasteiger partial charge on any atom is -0.480 e. The summed E-state index contributed by atoms with van der Waals surface area (Å²) in [5.41, 5.74) is 1.42. The third kappa shape index (κ3) is 5.70. The molecule has 4 aromatic rings. The molecule has 0 aliphatic carbocycles. The number of nitrogens with zero attached hydrogens (tertiary/aromatic N) is 2. The average molecular weight is 565 g/mol. The van der Waals surface area contributed by atoms with Crippen LogP contribution in [0.1, 0.15) is 37.9 Å². The van der Waals surface area contributed by atoms with E-state index in [2.05, 4.69) is 10.6 Å². The highest BCUT2D eigenvalue weighted by atomic mass is 16.6. The van der Waals surface area contributed by atoms with E-state index in [1.54, 1.807) is 60.7 Å². The number of aliphatic carboxylic acids is 1. The molecular formula is C31H24N4O7. The zero-order valence-corrected chi connectivity index (χ0v) is 22.0. The third-order valence-corrected chi connectivity index (χ3v) is 6.81. The highest BCUT2D eigenvalue weighted by molar-refractivity contribution is 6.17. The molecule has 0 aromatic heterocycles. The van der Waals surface area contributed by atoms with Crippen LogP contribution < -0.4 is 15.5 Å². The van der Waals surface area contributed by atoms with Gasteiger partial charge in [0.2, 0.25) is 0 Å². The van der Waals surface area contributed by atoms with Crippen LogP contribution in [0.3, 0.4) is 0 Å². The lowest BCUT2D eigenvalue weighted by molar-refractivity contribution is -0.384. The average Bonchev–Trinajstić information content (AvgIpc) is 3.00. The smallest absolute Gasteiger partial charge is 0.326 e. The van der Waals surface area contributed by atoms with Gasteiger partial charge in [-0.05, 0) is 35.4 Å². The maximum absolute atomic E-state index is 13.9. The van der Waals surface area contributed by atoms with Gasteiger partial charge in [-0.25, -0.2) is 4.79 Å². The molecule has 0 fully saturated rings. The van der Waals surface area contributed by atoms with Gasteiger partial charge >= 0.3 is 5.97 Å². The van der Waals surface area contributed by atoms with Gasteiger partial charge in [0.1, 0.15) is 12.1 Å². The van der Waals surface area contributed by atoms with Crippen LogP contribution >= 0.6 is 0 Å². The molecule has 3 amide bonds. The second-order valence-corrected chi connectivity index (χ2v) is 9.57. The van der Waals surface area contributed by atoms with Crippen LogP contribution in [0.2, 0.25) is 0 Å². The van der Waals surface area contributed by atoms with Crippen molar-refractivity contribution in [1.29, 1.82) is 0 Å². The number of nitro benzene ring substituents is 1. The number of fused-ring (bicyclic) bond motifs is 1. The lowest BCUT2D eigenvalue weighted by Gasteiger charge is -2.37. The number of carbonyl (C=O) groups excluding carboxylic acids is 3. The van der Waals surface area contributed by atoms with Crippen LogP contribution in [-0.2, 0) is 16.0 Å². The molecule has 11 nitrogen and oxygen atoms in total. The van der Waals surface area contributed by atoms with E-state index in [4.69, 9.17) is 0 Å². The van der Waals surface area contributed by atoms with E-state index in [1.165, 1.54) is 41.3 Å². The topological polar surface area (TPSA) is 159 Å². The molecule has 2 unspecified atom stereocenters. The fourth-order valence-corrected chi connectivity index (χ4v) is 4.79. The van der Waals surface area contributed by atoms with E-state index < -0.39 is 40.7 Å². The van der Waals surface area contributed by atoms with Gasteiger partial charge in [-0.1, -0.05) is 66.7 Å². The zero-order valence-electron chi connectivity index (χ0n) is 22.0. The van der Waals surface area contributed by atoms with Gasteiger partial charge in [-0.15, -0.1) is 0 Å². The third-order valence-electron chi connectivity index (χ3n) is 6.81. The predicted molar refractivity (Wildman–Crippen MR) is 153 cm³/mol. The molecule has 1 aliphatic heterocycles. The van der Waals surface area contributed by atoms with Gasteiger partial charge in [0.05, 0.1) is 16.3 Å². The Morgan fingerprint density at radius 1 is 0.905 bits per heavy atom. The Labute approximate surface area is 239 Å². The first kappa shape index (κ1) is 27.7. The highest BCUT2D eigenvalue weighted by Crippen LogP contribution is 2.40. The lowest BCUT2D eigenvalue weighted by Crippen LogP contribution is -2.45. The molecule has 4 aromatic carbocycles. The van der Waals surface area contributed by atoms with Gasteiger partial charge < -0.3 is 15.7 Å². The molecule has 0 spiro atoms. The molecule has 210 valence electrons. The summed E-state index contributed by atoms with van der Waals surface area (Å²) in [6.07, 6.45) is 0.0633. The summed E-state index contributed by atoms with van der Waals surface area (Å²) in [7, 11) is 0. The van der Waals surface area contributed by atoms with Crippen molar-refractivity contribution in [2.75, 3.05) is 10.2 Å². The number of hydrogen-bond donors (Lipinski definition) is 3. The van der Waals surface area contributed by atoms with Crippen LogP contribution in [0, 0.1) is 10.1 Å². The number of benzene rings is 4. The summed E-state index contributed by atoms with van der Waals surface area (Å²) in [6.45, 7) is 0. The Hall–Kier alpha value is -5.84. The summed E-state index contributed by atoms with van der Waals surface area (Å²) < 4.78 is 0. The van der Waals surface area contributed by atoms with Crippen molar-refractivity contribution in [3.63, 3.8) is 0 Å². The number of non-ortho nitro benzene ring substituents is 1. The van der Waals surface area contributed by atoms with Crippen molar-refractivity contribution in [2.45, 2.75) is 18.5 Å². The number of nitrogens with one attached hydrogen (secondary N) is 2. The Morgan fingerprint density at radius 2 is 1.60 bits per heavy atom. The van der Waals surface area contributed by atoms with Crippen LogP contribution in [0.25, 0.3) is 0 Å². The molecule has 11 heteroatoms. The molecule has 0 saturated carbocycles. The van der Waals surface area contributed by atoms with Crippen molar-refractivity contribution in [2.24, 2.45) is 0 Å². The molecule has 2 atom stereocenters. The Morgan fingerprint density at radius 3 is 2.26 bits per heavy atom. The molecule has 0 radical (unpaired) electrons. The van der Waals surface area contributed by atoms with Crippen LogP contribution in [0.4, 0.5) is 17.1 Å². The van der Waals surface area contributed by atoms with Crippen LogP contribution in [0.15, 0.2) is 103 Å². The van der Waals surface area contributed by atoms with Gasteiger partial charge in [0.15, 0.2) is 0 Å². The highest BCUT2D eigenvalue weighted by Gasteiger charge is 2.39. The fourth-order valence-electron chi connectivity index (χ4n) is 4.79. The summed E-state index contributed by atoms with van der Waals surface area (Å²) in [4.78, 5) is 64.3. The monoisotopic (exact) mass is 564 g/mol. The van der Waals surface area contributed by atoms with Gasteiger partial charge in [-0.3, -0.25) is 29.4 Å². The van der Waals surface area contributed by atoms with Gasteiger partial charge in [0.25, 0.3) is 23.4 Å². The van der Waals surface area contributed by atoms with E-state index in [1.807, 2.05) is 0 Å². The lowest BCUT2D eigenvalue weighted by atomic mass is 9.97. The van der Waals surface area contributed by atoms with Crippen LogP contribution in [-0.4, -0.2) is 39.8 Å². The Kier molecular flexibility index (Phi) is 7.74. The van der Waals surface area contributed by atoms with Gasteiger partial charge in [0, 0.05) is 29.7 Å². The minimum absolute atomic E-state index is 0.00203. The summed E-state index contributed by atoms with van der Waals surface area (Å²) in [5.74, 6) is -3.11. The number of carboxylic acids is 1. The normalized spacial score (nSPS) is 14.7. The standard InChI is InChI=1S/C31H24N4O7/c36-28(33-25(31(39)40)16-19-8-3-1-4-9-19)21-14-15-26-24(18-21)32-29(37)27(20-10-5-2-6-11-20)34(26)30(38)22-12-7-13-23(17-22)35(41)42/h1-15,17-18,25,27H,16H2,(H,32,37)(H,33,36)(H,39,40). The molecule has 42 heavy (non-hydrogen) atoms. The Bertz CT molecular complexity index is 1690. The van der Waals surface area contributed by atoms with Crippen molar-refractivity contribution in [1.82, 2.24) is 5.32 Å². The number of nitro groups is 1. The molecule has 0 bridgehead atoms. The molecule has 1 aliphatic rings. The molecule has 0 saturated heterocycles. The number of carboxylic acid groups (broad SMARTS) is 1. The second-order valence-electron chi connectivity index (χ2n) is 9.57. The largest absolute Gasteiger partial charge is 0.480 e. The summed E-state index contributed by atoms with van der Waals surface area (Å²) in [5, 5.41) is 26.3. The van der Waals surface area contributed by atoms with Crippen molar-refractivity contribution in [3.8, 4) is 0 Å². The van der Waals surface area contributed by atoms with E-state index >= 15 is 0 Å². The van der Waals surface area contributed by atoms with Gasteiger partial charge in [-0.2, -0.15) is 0 Å². The second kappa shape index (κ2) is 11.7. The van der Waals surface area contributed by atoms with E-state index in [-0.39, 0.29) is 34.6 Å². The molecule has 3 N–H and O–H groups in total. The molecule has 1 heterocycles. The summed E-state index contributed by atoms with van der Waals surface area (Å²) >= 11 is 0.